The number of carboxylic acid groups (broad SMARTS) is 1. The van der Waals surface area contributed by atoms with Gasteiger partial charge in [-0.1, -0.05) is 12.1 Å². The third-order valence-corrected chi connectivity index (χ3v) is 3.99. The Morgan fingerprint density at radius 2 is 1.53 bits per heavy atom. The lowest BCUT2D eigenvalue weighted by Crippen LogP contribution is -2.56. The molecule has 0 aliphatic carbocycles. The quantitative estimate of drug-likeness (QED) is 0.199. The Morgan fingerprint density at radius 1 is 0.967 bits per heavy atom. The van der Waals surface area contributed by atoms with Gasteiger partial charge in [0.25, 0.3) is 0 Å². The number of amides is 4. The Morgan fingerprint density at radius 3 is 2.03 bits per heavy atom. The number of nitrogens with one attached hydrogen (secondary N) is 3. The van der Waals surface area contributed by atoms with Gasteiger partial charge in [-0.2, -0.15) is 0 Å². The summed E-state index contributed by atoms with van der Waals surface area (Å²) in [5.74, 6) is -4.57. The van der Waals surface area contributed by atoms with Crippen LogP contribution in [-0.2, 0) is 30.4 Å². The average molecular weight is 423 g/mol. The number of carbonyl (C=O) groups excluding carboxylic acids is 4. The van der Waals surface area contributed by atoms with E-state index >= 15 is 0 Å². The van der Waals surface area contributed by atoms with Crippen molar-refractivity contribution in [1.82, 2.24) is 16.0 Å². The van der Waals surface area contributed by atoms with Crippen LogP contribution in [0.3, 0.4) is 0 Å². The molecule has 0 bridgehead atoms. The highest BCUT2D eigenvalue weighted by molar-refractivity contribution is 5.94. The van der Waals surface area contributed by atoms with Crippen LogP contribution in [0.2, 0.25) is 0 Å². The number of carbonyl (C=O) groups is 5. The summed E-state index contributed by atoms with van der Waals surface area (Å²) in [6, 6.07) is 1.95. The Hall–Kier alpha value is -3.67. The maximum atomic E-state index is 12.6. The van der Waals surface area contributed by atoms with E-state index in [1.165, 1.54) is 31.2 Å². The average Bonchev–Trinajstić information content (AvgIpc) is 2.67. The third-order valence-electron chi connectivity index (χ3n) is 3.99. The highest BCUT2D eigenvalue weighted by Gasteiger charge is 2.29. The summed E-state index contributed by atoms with van der Waals surface area (Å²) >= 11 is 0. The molecule has 0 fully saturated rings. The zero-order chi connectivity index (χ0) is 22.8. The first-order valence-corrected chi connectivity index (χ1v) is 8.92. The summed E-state index contributed by atoms with van der Waals surface area (Å²) in [7, 11) is 0. The van der Waals surface area contributed by atoms with E-state index in [1.807, 2.05) is 0 Å². The second-order valence-electron chi connectivity index (χ2n) is 6.49. The van der Waals surface area contributed by atoms with E-state index in [2.05, 4.69) is 16.0 Å². The molecule has 0 saturated heterocycles. The van der Waals surface area contributed by atoms with Crippen LogP contribution >= 0.6 is 0 Å². The van der Waals surface area contributed by atoms with Gasteiger partial charge in [0, 0.05) is 6.42 Å². The van der Waals surface area contributed by atoms with Crippen LogP contribution in [0.25, 0.3) is 0 Å². The molecule has 0 radical (unpaired) electrons. The molecule has 0 saturated carbocycles. The normalized spacial score (nSPS) is 13.4. The number of nitrogens with two attached hydrogens (primary N) is 2. The lowest BCUT2D eigenvalue weighted by atomic mass is 10.0. The fourth-order valence-electron chi connectivity index (χ4n) is 2.41. The summed E-state index contributed by atoms with van der Waals surface area (Å²) in [6.45, 7) is 1.05. The second-order valence-corrected chi connectivity index (χ2v) is 6.49. The number of primary amides is 1. The van der Waals surface area contributed by atoms with E-state index in [0.29, 0.717) is 5.56 Å². The standard InChI is InChI=1S/C18H25N5O7/c1-9(21-15(26)8-19)16(27)22-12(6-10-2-4-11(24)5-3-10)17(28)23-13(18(29)30)7-14(20)25/h2-5,9,12-13,24H,6-8,19H2,1H3,(H2,20,25)(H,21,26)(H,22,27)(H,23,28)(H,29,30). The maximum Gasteiger partial charge on any atom is 0.326 e. The molecule has 3 atom stereocenters. The number of hydrogen-bond acceptors (Lipinski definition) is 7. The number of phenols is 1. The van der Waals surface area contributed by atoms with Crippen molar-refractivity contribution in [3.8, 4) is 5.75 Å². The number of aliphatic carboxylic acids is 1. The van der Waals surface area contributed by atoms with E-state index < -0.39 is 54.1 Å². The van der Waals surface area contributed by atoms with Crippen LogP contribution in [0.1, 0.15) is 18.9 Å². The topological polar surface area (TPSA) is 214 Å². The first-order valence-electron chi connectivity index (χ1n) is 8.92. The Balaban J connectivity index is 3.00. The van der Waals surface area contributed by atoms with E-state index in [9.17, 15) is 34.2 Å². The predicted octanol–water partition coefficient (Wildman–Crippen LogP) is -2.67. The van der Waals surface area contributed by atoms with Crippen LogP contribution in [0.4, 0.5) is 0 Å². The Labute approximate surface area is 172 Å². The molecule has 0 aliphatic heterocycles. The van der Waals surface area contributed by atoms with E-state index in [-0.39, 0.29) is 18.7 Å². The molecule has 0 aromatic heterocycles. The molecule has 1 aromatic carbocycles. The summed E-state index contributed by atoms with van der Waals surface area (Å²) in [5.41, 5.74) is 10.7. The van der Waals surface area contributed by atoms with Crippen molar-refractivity contribution in [2.24, 2.45) is 11.5 Å². The van der Waals surface area contributed by atoms with Gasteiger partial charge in [-0.15, -0.1) is 0 Å². The predicted molar refractivity (Wildman–Crippen MR) is 104 cm³/mol. The van der Waals surface area contributed by atoms with Crippen molar-refractivity contribution in [3.05, 3.63) is 29.8 Å². The van der Waals surface area contributed by atoms with E-state index in [1.54, 1.807) is 0 Å². The minimum atomic E-state index is -1.58. The van der Waals surface area contributed by atoms with Gasteiger partial charge in [-0.05, 0) is 24.6 Å². The van der Waals surface area contributed by atoms with Crippen LogP contribution in [-0.4, -0.2) is 64.5 Å². The minimum Gasteiger partial charge on any atom is -0.508 e. The number of carboxylic acids is 1. The maximum absolute atomic E-state index is 12.6. The molecule has 12 nitrogen and oxygen atoms in total. The molecule has 0 spiro atoms. The van der Waals surface area contributed by atoms with Gasteiger partial charge < -0.3 is 37.6 Å². The first kappa shape index (κ1) is 24.4. The van der Waals surface area contributed by atoms with Crippen molar-refractivity contribution in [3.63, 3.8) is 0 Å². The van der Waals surface area contributed by atoms with E-state index in [0.717, 1.165) is 0 Å². The lowest BCUT2D eigenvalue weighted by molar-refractivity contribution is -0.143. The SMILES string of the molecule is CC(NC(=O)CN)C(=O)NC(Cc1ccc(O)cc1)C(=O)NC(CC(N)=O)C(=O)O. The van der Waals surface area contributed by atoms with Crippen molar-refractivity contribution >= 4 is 29.6 Å². The van der Waals surface area contributed by atoms with Crippen molar-refractivity contribution in [2.75, 3.05) is 6.54 Å². The van der Waals surface area contributed by atoms with Gasteiger partial charge in [0.15, 0.2) is 0 Å². The number of rotatable bonds is 11. The lowest BCUT2D eigenvalue weighted by Gasteiger charge is -2.23. The van der Waals surface area contributed by atoms with Gasteiger partial charge in [0.05, 0.1) is 13.0 Å². The monoisotopic (exact) mass is 423 g/mol. The zero-order valence-electron chi connectivity index (χ0n) is 16.3. The van der Waals surface area contributed by atoms with Gasteiger partial charge in [0.2, 0.25) is 23.6 Å². The number of hydrogen-bond donors (Lipinski definition) is 7. The molecular formula is C18H25N5O7. The largest absolute Gasteiger partial charge is 0.508 e. The van der Waals surface area contributed by atoms with Crippen LogP contribution in [0.15, 0.2) is 24.3 Å². The van der Waals surface area contributed by atoms with E-state index in [4.69, 9.17) is 11.5 Å². The van der Waals surface area contributed by atoms with Gasteiger partial charge >= 0.3 is 5.97 Å². The fourth-order valence-corrected chi connectivity index (χ4v) is 2.41. The molecule has 4 amide bonds. The molecule has 3 unspecified atom stereocenters. The second kappa shape index (κ2) is 11.4. The van der Waals surface area contributed by atoms with Crippen molar-refractivity contribution in [1.29, 1.82) is 0 Å². The summed E-state index contributed by atoms with van der Waals surface area (Å²) < 4.78 is 0. The molecule has 1 aromatic rings. The molecule has 0 aliphatic rings. The smallest absolute Gasteiger partial charge is 0.326 e. The Kier molecular flexibility index (Phi) is 9.23. The first-order chi connectivity index (χ1) is 14.0. The number of phenolic OH excluding ortho intramolecular Hbond substituents is 1. The Bertz CT molecular complexity index is 797. The van der Waals surface area contributed by atoms with Crippen LogP contribution in [0.5, 0.6) is 5.75 Å². The fraction of sp³-hybridized carbons (Fsp3) is 0.389. The van der Waals surface area contributed by atoms with Gasteiger partial charge in [-0.3, -0.25) is 19.2 Å². The molecule has 164 valence electrons. The molecule has 30 heavy (non-hydrogen) atoms. The molecule has 12 heteroatoms. The molecule has 0 heterocycles. The molecule has 9 N–H and O–H groups in total. The van der Waals surface area contributed by atoms with Crippen LogP contribution < -0.4 is 27.4 Å². The van der Waals surface area contributed by atoms with Gasteiger partial charge in [-0.25, -0.2) is 4.79 Å². The molecule has 1 rings (SSSR count). The summed E-state index contributed by atoms with van der Waals surface area (Å²) in [4.78, 5) is 58.7. The highest BCUT2D eigenvalue weighted by Crippen LogP contribution is 2.12. The van der Waals surface area contributed by atoms with Crippen molar-refractivity contribution in [2.45, 2.75) is 37.9 Å². The number of benzene rings is 1. The van der Waals surface area contributed by atoms with Gasteiger partial charge in [0.1, 0.15) is 23.9 Å². The highest BCUT2D eigenvalue weighted by atomic mass is 16.4. The van der Waals surface area contributed by atoms with Crippen molar-refractivity contribution < 1.29 is 34.2 Å². The zero-order valence-corrected chi connectivity index (χ0v) is 16.3. The van der Waals surface area contributed by atoms with Crippen LogP contribution in [0, 0.1) is 0 Å². The number of aromatic hydroxyl groups is 1. The third kappa shape index (κ3) is 8.14. The summed E-state index contributed by atoms with van der Waals surface area (Å²) in [5, 5.41) is 25.5. The molecular weight excluding hydrogens is 398 g/mol. The minimum absolute atomic E-state index is 0.00527. The summed E-state index contributed by atoms with van der Waals surface area (Å²) in [6.07, 6.45) is -0.692.